The molecule has 1 aromatic rings. The number of hydrogen-bond acceptors (Lipinski definition) is 3. The van der Waals surface area contributed by atoms with E-state index in [0.29, 0.717) is 5.92 Å². The quantitative estimate of drug-likeness (QED) is 0.763. The molecule has 1 aromatic carbocycles. The van der Waals surface area contributed by atoms with Crippen LogP contribution < -0.4 is 16.0 Å². The summed E-state index contributed by atoms with van der Waals surface area (Å²) in [5.74, 6) is 0.324. The average molecular weight is 342 g/mol. The Kier molecular flexibility index (Phi) is 7.02. The first-order valence-corrected chi connectivity index (χ1v) is 7.75. The number of halogens is 1. The van der Waals surface area contributed by atoms with Crippen LogP contribution in [0, 0.1) is 5.92 Å². The van der Waals surface area contributed by atoms with Crippen molar-refractivity contribution in [3.05, 3.63) is 28.2 Å². The normalized spacial score (nSPS) is 10.8. The molecule has 0 aliphatic heterocycles. The number of rotatable bonds is 8. The number of hydrogen-bond donors (Lipinski definition) is 2. The monoisotopic (exact) mass is 341 g/mol. The molecule has 0 spiro atoms. The van der Waals surface area contributed by atoms with Crippen LogP contribution in [-0.4, -0.2) is 25.5 Å². The van der Waals surface area contributed by atoms with Gasteiger partial charge in [0, 0.05) is 23.2 Å². The second-order valence-electron chi connectivity index (χ2n) is 5.28. The molecule has 112 valence electrons. The molecule has 0 atom stereocenters. The molecular formula is C15H24BrN3O. The molecule has 0 aliphatic rings. The van der Waals surface area contributed by atoms with E-state index >= 15 is 0 Å². The molecule has 0 radical (unpaired) electrons. The van der Waals surface area contributed by atoms with Crippen molar-refractivity contribution < 1.29 is 4.79 Å². The topological polar surface area (TPSA) is 58.4 Å². The van der Waals surface area contributed by atoms with Crippen molar-refractivity contribution in [1.82, 2.24) is 5.32 Å². The van der Waals surface area contributed by atoms with Crippen molar-refractivity contribution >= 4 is 27.5 Å². The molecule has 0 saturated carbocycles. The zero-order chi connectivity index (χ0) is 15.1. The summed E-state index contributed by atoms with van der Waals surface area (Å²) in [7, 11) is 0. The molecule has 3 N–H and O–H groups in total. The van der Waals surface area contributed by atoms with E-state index in [1.807, 2.05) is 24.0 Å². The minimum atomic E-state index is -0.314. The maximum Gasteiger partial charge on any atom is 0.236 e. The highest BCUT2D eigenvalue weighted by Gasteiger charge is 2.09. The number of nitrogens with one attached hydrogen (secondary N) is 1. The summed E-state index contributed by atoms with van der Waals surface area (Å²) in [4.78, 5) is 13.0. The molecule has 4 nitrogen and oxygen atoms in total. The Bertz CT molecular complexity index is 449. The predicted octanol–water partition coefficient (Wildman–Crippen LogP) is 2.51. The molecule has 0 fully saturated rings. The van der Waals surface area contributed by atoms with Gasteiger partial charge in [0.05, 0.1) is 6.54 Å². The molecule has 0 aliphatic carbocycles. The second kappa shape index (κ2) is 8.27. The van der Waals surface area contributed by atoms with Crippen LogP contribution in [0.5, 0.6) is 0 Å². The largest absolute Gasteiger partial charge is 0.368 e. The highest BCUT2D eigenvalue weighted by molar-refractivity contribution is 9.10. The third-order valence-electron chi connectivity index (χ3n) is 3.00. The van der Waals surface area contributed by atoms with Crippen molar-refractivity contribution in [3.63, 3.8) is 0 Å². The number of amides is 1. The Morgan fingerprint density at radius 2 is 2.15 bits per heavy atom. The van der Waals surface area contributed by atoms with Crippen molar-refractivity contribution in [3.8, 4) is 0 Å². The molecule has 0 bridgehead atoms. The Labute approximate surface area is 129 Å². The predicted molar refractivity (Wildman–Crippen MR) is 87.8 cm³/mol. The first-order valence-electron chi connectivity index (χ1n) is 6.96. The summed E-state index contributed by atoms with van der Waals surface area (Å²) in [6, 6.07) is 6.15. The van der Waals surface area contributed by atoms with Crippen LogP contribution in [0.3, 0.4) is 0 Å². The number of carbonyl (C=O) groups excluding carboxylic acids is 1. The zero-order valence-corrected chi connectivity index (χ0v) is 14.0. The minimum absolute atomic E-state index is 0.244. The van der Waals surface area contributed by atoms with Crippen LogP contribution in [-0.2, 0) is 11.3 Å². The minimum Gasteiger partial charge on any atom is -0.368 e. The Morgan fingerprint density at radius 1 is 1.45 bits per heavy atom. The van der Waals surface area contributed by atoms with Crippen LogP contribution in [0.4, 0.5) is 5.69 Å². The molecule has 1 amide bonds. The number of benzene rings is 1. The van der Waals surface area contributed by atoms with E-state index < -0.39 is 0 Å². The SMILES string of the molecule is CCN(CC(N)=O)c1ccc(CNCC(C)C)c(Br)c1. The summed E-state index contributed by atoms with van der Waals surface area (Å²) in [6.45, 7) is 9.21. The van der Waals surface area contributed by atoms with Crippen LogP contribution in [0.15, 0.2) is 22.7 Å². The van der Waals surface area contributed by atoms with Crippen molar-refractivity contribution in [1.29, 1.82) is 0 Å². The fourth-order valence-corrected chi connectivity index (χ4v) is 2.45. The van der Waals surface area contributed by atoms with Gasteiger partial charge in [-0.05, 0) is 37.1 Å². The van der Waals surface area contributed by atoms with Gasteiger partial charge in [0.1, 0.15) is 0 Å². The van der Waals surface area contributed by atoms with Gasteiger partial charge in [-0.15, -0.1) is 0 Å². The Hall–Kier alpha value is -1.07. The highest BCUT2D eigenvalue weighted by atomic mass is 79.9. The third kappa shape index (κ3) is 5.51. The average Bonchev–Trinajstić information content (AvgIpc) is 2.37. The van der Waals surface area contributed by atoms with E-state index in [1.165, 1.54) is 5.56 Å². The lowest BCUT2D eigenvalue weighted by Gasteiger charge is -2.22. The van der Waals surface area contributed by atoms with E-state index in [1.54, 1.807) is 0 Å². The van der Waals surface area contributed by atoms with E-state index in [9.17, 15) is 4.79 Å². The first-order chi connectivity index (χ1) is 9.43. The Morgan fingerprint density at radius 3 is 2.65 bits per heavy atom. The van der Waals surface area contributed by atoms with E-state index in [2.05, 4.69) is 41.2 Å². The maximum atomic E-state index is 11.1. The lowest BCUT2D eigenvalue weighted by Crippen LogP contribution is -2.33. The molecule has 0 aromatic heterocycles. The fourth-order valence-electron chi connectivity index (χ4n) is 1.95. The summed E-state index contributed by atoms with van der Waals surface area (Å²) in [5, 5.41) is 3.42. The lowest BCUT2D eigenvalue weighted by atomic mass is 10.1. The lowest BCUT2D eigenvalue weighted by molar-refractivity contribution is -0.116. The molecular weight excluding hydrogens is 318 g/mol. The second-order valence-corrected chi connectivity index (χ2v) is 6.14. The van der Waals surface area contributed by atoms with Crippen molar-refractivity contribution in [2.24, 2.45) is 11.7 Å². The van der Waals surface area contributed by atoms with E-state index in [4.69, 9.17) is 5.73 Å². The standard InChI is InChI=1S/C15H24BrN3O/c1-4-19(10-15(17)20)13-6-5-12(14(16)7-13)9-18-8-11(2)3/h5-7,11,18H,4,8-10H2,1-3H3,(H2,17,20). The van der Waals surface area contributed by atoms with Gasteiger partial charge in [0.2, 0.25) is 5.91 Å². The van der Waals surface area contributed by atoms with Gasteiger partial charge in [0.15, 0.2) is 0 Å². The number of nitrogens with zero attached hydrogens (tertiary/aromatic N) is 1. The van der Waals surface area contributed by atoms with Gasteiger partial charge >= 0.3 is 0 Å². The van der Waals surface area contributed by atoms with E-state index in [0.717, 1.165) is 29.8 Å². The summed E-state index contributed by atoms with van der Waals surface area (Å²) in [6.07, 6.45) is 0. The van der Waals surface area contributed by atoms with Crippen LogP contribution in [0.25, 0.3) is 0 Å². The summed E-state index contributed by atoms with van der Waals surface area (Å²) < 4.78 is 1.05. The first kappa shape index (κ1) is 17.0. The summed E-state index contributed by atoms with van der Waals surface area (Å²) in [5.41, 5.74) is 7.48. The van der Waals surface area contributed by atoms with Crippen LogP contribution in [0.1, 0.15) is 26.3 Å². The molecule has 0 saturated heterocycles. The van der Waals surface area contributed by atoms with Gasteiger partial charge in [-0.3, -0.25) is 4.79 Å². The molecule has 5 heteroatoms. The molecule has 0 heterocycles. The number of primary amides is 1. The number of anilines is 1. The van der Waals surface area contributed by atoms with Crippen molar-refractivity contribution in [2.45, 2.75) is 27.3 Å². The van der Waals surface area contributed by atoms with Gasteiger partial charge in [-0.1, -0.05) is 35.8 Å². The third-order valence-corrected chi connectivity index (χ3v) is 3.74. The maximum absolute atomic E-state index is 11.1. The molecule has 0 unspecified atom stereocenters. The van der Waals surface area contributed by atoms with Gasteiger partial charge < -0.3 is 16.0 Å². The van der Waals surface area contributed by atoms with Crippen LogP contribution >= 0.6 is 15.9 Å². The van der Waals surface area contributed by atoms with Crippen molar-refractivity contribution in [2.75, 3.05) is 24.5 Å². The Balaban J connectivity index is 2.73. The van der Waals surface area contributed by atoms with Gasteiger partial charge in [-0.2, -0.15) is 0 Å². The number of nitrogens with two attached hydrogens (primary N) is 1. The smallest absolute Gasteiger partial charge is 0.236 e. The van der Waals surface area contributed by atoms with Gasteiger partial charge in [-0.25, -0.2) is 0 Å². The summed E-state index contributed by atoms with van der Waals surface area (Å²) >= 11 is 3.60. The zero-order valence-electron chi connectivity index (χ0n) is 12.4. The highest BCUT2D eigenvalue weighted by Crippen LogP contribution is 2.24. The molecule has 1 rings (SSSR count). The number of carbonyl (C=O) groups is 1. The number of likely N-dealkylation sites (N-methyl/N-ethyl adjacent to an activating group) is 1. The fraction of sp³-hybridized carbons (Fsp3) is 0.533. The van der Waals surface area contributed by atoms with Crippen LogP contribution in [0.2, 0.25) is 0 Å². The van der Waals surface area contributed by atoms with E-state index in [-0.39, 0.29) is 12.5 Å². The molecule has 20 heavy (non-hydrogen) atoms. The van der Waals surface area contributed by atoms with Gasteiger partial charge in [0.25, 0.3) is 0 Å².